The Labute approximate surface area is 153 Å². The van der Waals surface area contributed by atoms with Gasteiger partial charge in [0.2, 0.25) is 0 Å². The topological polar surface area (TPSA) is 79.1 Å². The number of unbranched alkanes of at least 4 members (excludes halogenated alkanes) is 3. The highest BCUT2D eigenvalue weighted by molar-refractivity contribution is 5.68. The van der Waals surface area contributed by atoms with Crippen LogP contribution in [-0.4, -0.2) is 25.2 Å². The molecule has 0 radical (unpaired) electrons. The van der Waals surface area contributed by atoms with Crippen molar-refractivity contribution < 1.29 is 10.2 Å². The quantitative estimate of drug-likeness (QED) is 0.602. The fraction of sp³-hybridized carbons (Fsp3) is 0.286. The summed E-state index contributed by atoms with van der Waals surface area (Å²) in [5.74, 6) is 1.02. The fourth-order valence-electron chi connectivity index (χ4n) is 2.90. The molecule has 0 saturated carbocycles. The molecule has 2 aromatic carbocycles. The summed E-state index contributed by atoms with van der Waals surface area (Å²) in [5, 5.41) is 20.4. The van der Waals surface area contributed by atoms with Crippen LogP contribution in [0, 0.1) is 0 Å². The molecule has 5 heteroatoms. The minimum absolute atomic E-state index is 0.0370. The highest BCUT2D eigenvalue weighted by Crippen LogP contribution is 2.34. The van der Waals surface area contributed by atoms with Gasteiger partial charge >= 0.3 is 0 Å². The van der Waals surface area contributed by atoms with Gasteiger partial charge in [-0.2, -0.15) is 0 Å². The maximum atomic E-state index is 10.3. The summed E-state index contributed by atoms with van der Waals surface area (Å²) >= 11 is 0. The van der Waals surface area contributed by atoms with Crippen molar-refractivity contribution in [2.75, 3.05) is 0 Å². The predicted octanol–water partition coefficient (Wildman–Crippen LogP) is 4.74. The van der Waals surface area contributed by atoms with Crippen LogP contribution in [0.15, 0.2) is 48.8 Å². The number of rotatable bonds is 7. The minimum atomic E-state index is -0.0370. The second-order valence-electron chi connectivity index (χ2n) is 6.31. The summed E-state index contributed by atoms with van der Waals surface area (Å²) in [6.45, 7) is 2.17. The van der Waals surface area contributed by atoms with Crippen LogP contribution < -0.4 is 0 Å². The zero-order valence-corrected chi connectivity index (χ0v) is 14.9. The number of phenols is 2. The summed E-state index contributed by atoms with van der Waals surface area (Å²) < 4.78 is 0. The Hall–Kier alpha value is -2.95. The van der Waals surface area contributed by atoms with E-state index in [1.54, 1.807) is 6.07 Å². The first kappa shape index (κ1) is 17.9. The Kier molecular flexibility index (Phi) is 5.79. The first-order valence-corrected chi connectivity index (χ1v) is 8.98. The number of nitrogens with zero attached hydrogens (tertiary/aromatic N) is 3. The third kappa shape index (κ3) is 4.17. The molecule has 3 rings (SSSR count). The van der Waals surface area contributed by atoms with Crippen molar-refractivity contribution in [2.24, 2.45) is 0 Å². The monoisotopic (exact) mass is 349 g/mol. The summed E-state index contributed by atoms with van der Waals surface area (Å²) in [4.78, 5) is 12.9. The largest absolute Gasteiger partial charge is 0.508 e. The van der Waals surface area contributed by atoms with Gasteiger partial charge in [0.05, 0.1) is 5.56 Å². The fourth-order valence-corrected chi connectivity index (χ4v) is 2.90. The molecule has 0 aliphatic rings. The van der Waals surface area contributed by atoms with Crippen molar-refractivity contribution >= 4 is 0 Å². The molecule has 0 spiro atoms. The third-order valence-corrected chi connectivity index (χ3v) is 4.34. The summed E-state index contributed by atoms with van der Waals surface area (Å²) in [7, 11) is 0. The smallest absolute Gasteiger partial charge is 0.167 e. The van der Waals surface area contributed by atoms with Crippen molar-refractivity contribution in [2.45, 2.75) is 39.0 Å². The zero-order valence-electron chi connectivity index (χ0n) is 14.9. The summed E-state index contributed by atoms with van der Waals surface area (Å²) in [6, 6.07) is 12.8. The van der Waals surface area contributed by atoms with Gasteiger partial charge in [0.1, 0.15) is 17.8 Å². The van der Waals surface area contributed by atoms with Crippen LogP contribution >= 0.6 is 0 Å². The van der Waals surface area contributed by atoms with Crippen LogP contribution in [0.25, 0.3) is 22.8 Å². The number of aromatic hydroxyl groups is 2. The van der Waals surface area contributed by atoms with E-state index in [-0.39, 0.29) is 11.5 Å². The number of phenolic OH excluding ortho intramolecular Hbond substituents is 2. The molecule has 26 heavy (non-hydrogen) atoms. The lowest BCUT2D eigenvalue weighted by atomic mass is 10.0. The highest BCUT2D eigenvalue weighted by Gasteiger charge is 2.14. The van der Waals surface area contributed by atoms with Gasteiger partial charge in [0.25, 0.3) is 0 Å². The predicted molar refractivity (Wildman–Crippen MR) is 102 cm³/mol. The van der Waals surface area contributed by atoms with E-state index in [1.807, 2.05) is 30.3 Å². The van der Waals surface area contributed by atoms with Gasteiger partial charge in [-0.05, 0) is 24.5 Å². The van der Waals surface area contributed by atoms with Crippen LogP contribution in [-0.2, 0) is 6.42 Å². The lowest BCUT2D eigenvalue weighted by Crippen LogP contribution is -1.97. The highest BCUT2D eigenvalue weighted by atomic mass is 16.3. The molecule has 0 bridgehead atoms. The van der Waals surface area contributed by atoms with E-state index >= 15 is 0 Å². The Morgan fingerprint density at radius 2 is 1.62 bits per heavy atom. The van der Waals surface area contributed by atoms with E-state index in [0.29, 0.717) is 17.2 Å². The molecule has 5 nitrogen and oxygen atoms in total. The molecule has 0 amide bonds. The molecule has 0 aliphatic carbocycles. The van der Waals surface area contributed by atoms with E-state index in [1.165, 1.54) is 25.2 Å². The Morgan fingerprint density at radius 1 is 0.846 bits per heavy atom. The van der Waals surface area contributed by atoms with Crippen molar-refractivity contribution in [3.05, 3.63) is 54.4 Å². The molecule has 0 atom stereocenters. The van der Waals surface area contributed by atoms with Crippen LogP contribution in [0.1, 0.15) is 38.2 Å². The first-order valence-electron chi connectivity index (χ1n) is 8.98. The third-order valence-electron chi connectivity index (χ3n) is 4.34. The molecule has 1 aromatic heterocycles. The van der Waals surface area contributed by atoms with Crippen LogP contribution in [0.5, 0.6) is 11.5 Å². The van der Waals surface area contributed by atoms with Gasteiger partial charge in [-0.3, -0.25) is 0 Å². The molecule has 134 valence electrons. The standard InChI is InChI=1S/C21H23N3O2/c1-2-3-4-6-11-16-12-17(19(26)13-18(16)25)21-23-14-22-20(24-21)15-9-7-5-8-10-15/h5,7-10,12-14,25-26H,2-4,6,11H2,1H3. The molecule has 3 aromatic rings. The summed E-state index contributed by atoms with van der Waals surface area (Å²) in [6.07, 6.45) is 6.67. The molecule has 0 aliphatic heterocycles. The van der Waals surface area contributed by atoms with Crippen molar-refractivity contribution in [3.8, 4) is 34.3 Å². The van der Waals surface area contributed by atoms with Crippen LogP contribution in [0.4, 0.5) is 0 Å². The SMILES string of the molecule is CCCCCCc1cc(-c2ncnc(-c3ccccc3)n2)c(O)cc1O. The van der Waals surface area contributed by atoms with E-state index in [2.05, 4.69) is 21.9 Å². The Morgan fingerprint density at radius 3 is 2.38 bits per heavy atom. The molecular formula is C21H23N3O2. The van der Waals surface area contributed by atoms with E-state index in [0.717, 1.165) is 30.4 Å². The zero-order chi connectivity index (χ0) is 18.4. The molecule has 2 N–H and O–H groups in total. The Balaban J connectivity index is 1.91. The normalized spacial score (nSPS) is 10.8. The van der Waals surface area contributed by atoms with Gasteiger partial charge in [-0.15, -0.1) is 0 Å². The number of benzene rings is 2. The van der Waals surface area contributed by atoms with Gasteiger partial charge in [-0.1, -0.05) is 56.5 Å². The number of hydrogen-bond acceptors (Lipinski definition) is 5. The van der Waals surface area contributed by atoms with Crippen molar-refractivity contribution in [1.82, 2.24) is 15.0 Å². The van der Waals surface area contributed by atoms with Crippen LogP contribution in [0.3, 0.4) is 0 Å². The van der Waals surface area contributed by atoms with Gasteiger partial charge < -0.3 is 10.2 Å². The van der Waals surface area contributed by atoms with Gasteiger partial charge in [-0.25, -0.2) is 15.0 Å². The Bertz CT molecular complexity index is 866. The number of aromatic nitrogens is 3. The molecular weight excluding hydrogens is 326 g/mol. The maximum absolute atomic E-state index is 10.3. The molecule has 0 unspecified atom stereocenters. The van der Waals surface area contributed by atoms with E-state index in [4.69, 9.17) is 0 Å². The van der Waals surface area contributed by atoms with Crippen LogP contribution in [0.2, 0.25) is 0 Å². The molecule has 0 fully saturated rings. The van der Waals surface area contributed by atoms with Gasteiger partial charge in [0.15, 0.2) is 11.6 Å². The van der Waals surface area contributed by atoms with Crippen molar-refractivity contribution in [3.63, 3.8) is 0 Å². The average Bonchev–Trinajstić information content (AvgIpc) is 2.67. The second-order valence-corrected chi connectivity index (χ2v) is 6.31. The van der Waals surface area contributed by atoms with Gasteiger partial charge in [0, 0.05) is 11.6 Å². The lowest BCUT2D eigenvalue weighted by molar-refractivity contribution is 0.446. The number of hydrogen-bond donors (Lipinski definition) is 2. The lowest BCUT2D eigenvalue weighted by Gasteiger charge is -2.10. The molecule has 0 saturated heterocycles. The summed E-state index contributed by atoms with van der Waals surface area (Å²) in [5.41, 5.74) is 2.19. The van der Waals surface area contributed by atoms with E-state index in [9.17, 15) is 10.2 Å². The molecule has 1 heterocycles. The number of aryl methyl sites for hydroxylation is 1. The first-order chi connectivity index (χ1) is 12.7. The van der Waals surface area contributed by atoms with Crippen molar-refractivity contribution in [1.29, 1.82) is 0 Å². The maximum Gasteiger partial charge on any atom is 0.167 e. The second kappa shape index (κ2) is 8.43. The average molecular weight is 349 g/mol. The van der Waals surface area contributed by atoms with E-state index < -0.39 is 0 Å². The minimum Gasteiger partial charge on any atom is -0.508 e.